The van der Waals surface area contributed by atoms with Crippen molar-refractivity contribution in [1.82, 2.24) is 4.98 Å². The Balaban J connectivity index is 1.70. The predicted octanol–water partition coefficient (Wildman–Crippen LogP) is 4.94. The molecule has 0 N–H and O–H groups in total. The first kappa shape index (κ1) is 16.9. The first-order valence-corrected chi connectivity index (χ1v) is 7.77. The van der Waals surface area contributed by atoms with E-state index in [0.29, 0.717) is 0 Å². The molecule has 2 atom stereocenters. The second kappa shape index (κ2) is 6.51. The molecule has 0 spiro atoms. The van der Waals surface area contributed by atoms with E-state index < -0.39 is 16.9 Å². The van der Waals surface area contributed by atoms with Gasteiger partial charge in [-0.2, -0.15) is 13.2 Å². The fraction of sp³-hybridized carbons (Fsp3) is 0.353. The van der Waals surface area contributed by atoms with Gasteiger partial charge in [0, 0.05) is 12.1 Å². The standard InChI is InChI=1S/C17H15ClF3NO2/c1-23-13-5-3-2-4-11(13)12-8-10(12)9-24-14-6-7-22-16(18)15(14)17(19,20)21/h2-7,10,12H,8-9H2,1H3/t10-,12+/m1/s1. The minimum Gasteiger partial charge on any atom is -0.496 e. The minimum atomic E-state index is -4.60. The molecule has 1 aromatic carbocycles. The lowest BCUT2D eigenvalue weighted by atomic mass is 10.1. The molecular formula is C17H15ClF3NO2. The number of alkyl halides is 3. The summed E-state index contributed by atoms with van der Waals surface area (Å²) in [6, 6.07) is 8.82. The van der Waals surface area contributed by atoms with E-state index in [2.05, 4.69) is 4.98 Å². The zero-order valence-corrected chi connectivity index (χ0v) is 13.6. The van der Waals surface area contributed by atoms with Crippen LogP contribution >= 0.6 is 11.6 Å². The molecule has 1 aliphatic rings. The van der Waals surface area contributed by atoms with Crippen molar-refractivity contribution in [2.75, 3.05) is 13.7 Å². The third-order valence-electron chi connectivity index (χ3n) is 4.06. The monoisotopic (exact) mass is 357 g/mol. The Kier molecular flexibility index (Phi) is 4.58. The van der Waals surface area contributed by atoms with Crippen LogP contribution in [0.25, 0.3) is 0 Å². The van der Waals surface area contributed by atoms with E-state index >= 15 is 0 Å². The number of benzene rings is 1. The molecule has 0 aliphatic heterocycles. The average Bonchev–Trinajstić information content (AvgIpc) is 3.31. The van der Waals surface area contributed by atoms with Crippen LogP contribution in [-0.2, 0) is 6.18 Å². The molecular weight excluding hydrogens is 343 g/mol. The van der Waals surface area contributed by atoms with Gasteiger partial charge in [0.05, 0.1) is 13.7 Å². The lowest BCUT2D eigenvalue weighted by Gasteiger charge is -2.14. The second-order valence-corrected chi connectivity index (χ2v) is 5.99. The quantitative estimate of drug-likeness (QED) is 0.710. The molecule has 1 aromatic heterocycles. The lowest BCUT2D eigenvalue weighted by Crippen LogP contribution is -2.12. The van der Waals surface area contributed by atoms with Gasteiger partial charge >= 0.3 is 6.18 Å². The zero-order valence-electron chi connectivity index (χ0n) is 12.8. The molecule has 3 nitrogen and oxygen atoms in total. The maximum Gasteiger partial charge on any atom is 0.422 e. The Morgan fingerprint density at radius 3 is 2.67 bits per heavy atom. The molecule has 1 aliphatic carbocycles. The fourth-order valence-electron chi connectivity index (χ4n) is 2.78. The molecule has 0 unspecified atom stereocenters. The van der Waals surface area contributed by atoms with E-state index in [-0.39, 0.29) is 24.2 Å². The van der Waals surface area contributed by atoms with Crippen molar-refractivity contribution in [3.63, 3.8) is 0 Å². The summed E-state index contributed by atoms with van der Waals surface area (Å²) in [6.07, 6.45) is -2.55. The molecule has 0 amide bonds. The molecule has 24 heavy (non-hydrogen) atoms. The molecule has 2 aromatic rings. The number of methoxy groups -OCH3 is 1. The molecule has 1 fully saturated rings. The Bertz CT molecular complexity index is 736. The van der Waals surface area contributed by atoms with E-state index in [0.717, 1.165) is 17.7 Å². The molecule has 0 radical (unpaired) electrons. The highest BCUT2D eigenvalue weighted by atomic mass is 35.5. The number of hydrogen-bond donors (Lipinski definition) is 0. The number of pyridine rings is 1. The third kappa shape index (κ3) is 3.43. The zero-order chi connectivity index (χ0) is 17.3. The normalized spacial score (nSPS) is 19.9. The maximum atomic E-state index is 13.1. The number of para-hydroxylation sites is 1. The van der Waals surface area contributed by atoms with Crippen LogP contribution in [0.3, 0.4) is 0 Å². The summed E-state index contributed by atoms with van der Waals surface area (Å²) in [4.78, 5) is 3.48. The van der Waals surface area contributed by atoms with Gasteiger partial charge in [-0.05, 0) is 30.0 Å². The third-order valence-corrected chi connectivity index (χ3v) is 4.35. The first-order valence-electron chi connectivity index (χ1n) is 7.39. The summed E-state index contributed by atoms with van der Waals surface area (Å²) < 4.78 is 49.9. The van der Waals surface area contributed by atoms with Crippen LogP contribution in [0.15, 0.2) is 36.5 Å². The van der Waals surface area contributed by atoms with Gasteiger partial charge in [-0.15, -0.1) is 0 Å². The van der Waals surface area contributed by atoms with Crippen LogP contribution in [0.1, 0.15) is 23.5 Å². The highest BCUT2D eigenvalue weighted by Gasteiger charge is 2.42. The molecule has 7 heteroatoms. The summed E-state index contributed by atoms with van der Waals surface area (Å²) in [7, 11) is 1.60. The van der Waals surface area contributed by atoms with Crippen LogP contribution < -0.4 is 9.47 Å². The Hall–Kier alpha value is -1.95. The molecule has 1 heterocycles. The minimum absolute atomic E-state index is 0.148. The van der Waals surface area contributed by atoms with Gasteiger partial charge in [-0.3, -0.25) is 0 Å². The van der Waals surface area contributed by atoms with Crippen LogP contribution in [0.4, 0.5) is 13.2 Å². The lowest BCUT2D eigenvalue weighted by molar-refractivity contribution is -0.139. The fourth-order valence-corrected chi connectivity index (χ4v) is 3.04. The number of ether oxygens (including phenoxy) is 2. The largest absolute Gasteiger partial charge is 0.496 e. The van der Waals surface area contributed by atoms with Crippen LogP contribution in [0.2, 0.25) is 5.15 Å². The van der Waals surface area contributed by atoms with E-state index in [1.54, 1.807) is 7.11 Å². The van der Waals surface area contributed by atoms with Crippen molar-refractivity contribution >= 4 is 11.6 Å². The second-order valence-electron chi connectivity index (χ2n) is 5.63. The highest BCUT2D eigenvalue weighted by Crippen LogP contribution is 2.50. The average molecular weight is 358 g/mol. The van der Waals surface area contributed by atoms with Crippen molar-refractivity contribution in [3.05, 3.63) is 52.8 Å². The van der Waals surface area contributed by atoms with Crippen molar-refractivity contribution in [1.29, 1.82) is 0 Å². The van der Waals surface area contributed by atoms with Gasteiger partial charge in [-0.25, -0.2) is 4.98 Å². The number of hydrogen-bond acceptors (Lipinski definition) is 3. The number of halogens is 4. The van der Waals surface area contributed by atoms with E-state index in [1.165, 1.54) is 12.3 Å². The summed E-state index contributed by atoms with van der Waals surface area (Å²) in [5.41, 5.74) is 0.0264. The van der Waals surface area contributed by atoms with Gasteiger partial charge in [0.25, 0.3) is 0 Å². The smallest absolute Gasteiger partial charge is 0.422 e. The van der Waals surface area contributed by atoms with Crippen molar-refractivity contribution in [2.24, 2.45) is 5.92 Å². The molecule has 128 valence electrons. The number of rotatable bonds is 5. The van der Waals surface area contributed by atoms with Crippen LogP contribution in [-0.4, -0.2) is 18.7 Å². The van der Waals surface area contributed by atoms with Gasteiger partial charge < -0.3 is 9.47 Å². The van der Waals surface area contributed by atoms with Gasteiger partial charge in [-0.1, -0.05) is 29.8 Å². The van der Waals surface area contributed by atoms with Gasteiger partial charge in [0.15, 0.2) is 0 Å². The first-order chi connectivity index (χ1) is 11.4. The highest BCUT2D eigenvalue weighted by molar-refractivity contribution is 6.30. The molecule has 3 rings (SSSR count). The summed E-state index contributed by atoms with van der Waals surface area (Å²) >= 11 is 5.58. The number of nitrogens with zero attached hydrogens (tertiary/aromatic N) is 1. The van der Waals surface area contributed by atoms with Crippen molar-refractivity contribution in [2.45, 2.75) is 18.5 Å². The molecule has 0 saturated heterocycles. The van der Waals surface area contributed by atoms with E-state index in [9.17, 15) is 13.2 Å². The molecule has 0 bridgehead atoms. The van der Waals surface area contributed by atoms with Crippen LogP contribution in [0, 0.1) is 5.92 Å². The van der Waals surface area contributed by atoms with Gasteiger partial charge in [0.1, 0.15) is 22.2 Å². The van der Waals surface area contributed by atoms with E-state index in [4.69, 9.17) is 21.1 Å². The van der Waals surface area contributed by atoms with Gasteiger partial charge in [0.2, 0.25) is 0 Å². The Labute approximate surface area is 142 Å². The van der Waals surface area contributed by atoms with E-state index in [1.807, 2.05) is 24.3 Å². The topological polar surface area (TPSA) is 31.4 Å². The predicted molar refractivity (Wildman–Crippen MR) is 83.6 cm³/mol. The summed E-state index contributed by atoms with van der Waals surface area (Å²) in [5, 5.41) is -0.600. The van der Waals surface area contributed by atoms with Crippen LogP contribution in [0.5, 0.6) is 11.5 Å². The molecule has 1 saturated carbocycles. The van der Waals surface area contributed by atoms with Crippen molar-refractivity contribution < 1.29 is 22.6 Å². The van der Waals surface area contributed by atoms with Crippen molar-refractivity contribution in [3.8, 4) is 11.5 Å². The summed E-state index contributed by atoms with van der Waals surface area (Å²) in [5.74, 6) is 0.878. The Morgan fingerprint density at radius 2 is 1.96 bits per heavy atom. The number of aromatic nitrogens is 1. The maximum absolute atomic E-state index is 13.1. The SMILES string of the molecule is COc1ccccc1[C@H]1C[C@@H]1COc1ccnc(Cl)c1C(F)(F)F. The Morgan fingerprint density at radius 1 is 1.21 bits per heavy atom. The summed E-state index contributed by atoms with van der Waals surface area (Å²) in [6.45, 7) is 0.187.